The number of nitrogens with zero attached hydrogens (tertiary/aromatic N) is 1. The maximum absolute atomic E-state index is 12.4. The molecule has 26 heavy (non-hydrogen) atoms. The van der Waals surface area contributed by atoms with E-state index in [1.807, 2.05) is 19.1 Å². The molecular weight excluding hydrogens is 350 g/mol. The number of para-hydroxylation sites is 1. The van der Waals surface area contributed by atoms with Crippen molar-refractivity contribution in [1.29, 1.82) is 0 Å². The number of hydrogen-bond acceptors (Lipinski definition) is 5. The Balaban J connectivity index is 1.75. The second-order valence-corrected chi connectivity index (χ2v) is 8.85. The third-order valence-electron chi connectivity index (χ3n) is 4.58. The highest BCUT2D eigenvalue weighted by molar-refractivity contribution is 7.91. The predicted molar refractivity (Wildman–Crippen MR) is 103 cm³/mol. The second-order valence-electron chi connectivity index (χ2n) is 6.62. The number of pyridine rings is 1. The molecule has 2 heterocycles. The molecule has 6 nitrogen and oxygen atoms in total. The molecule has 1 aromatic heterocycles. The van der Waals surface area contributed by atoms with E-state index >= 15 is 0 Å². The zero-order valence-corrected chi connectivity index (χ0v) is 15.8. The smallest absolute Gasteiger partial charge is 0.253 e. The van der Waals surface area contributed by atoms with Crippen molar-refractivity contribution in [3.05, 3.63) is 53.3 Å². The van der Waals surface area contributed by atoms with Gasteiger partial charge in [0, 0.05) is 17.9 Å². The van der Waals surface area contributed by atoms with Gasteiger partial charge < -0.3 is 10.6 Å². The minimum absolute atomic E-state index is 0.00712. The summed E-state index contributed by atoms with van der Waals surface area (Å²) in [6.45, 7) is 4.13. The average Bonchev–Trinajstić information content (AvgIpc) is 2.95. The maximum atomic E-state index is 12.4. The van der Waals surface area contributed by atoms with Crippen molar-refractivity contribution >= 4 is 27.1 Å². The fourth-order valence-corrected chi connectivity index (χ4v) is 4.83. The minimum Gasteiger partial charge on any atom is -0.354 e. The molecule has 1 fully saturated rings. The lowest BCUT2D eigenvalue weighted by atomic mass is 10.1. The zero-order valence-electron chi connectivity index (χ0n) is 15.0. The molecule has 2 N–H and O–H groups in total. The van der Waals surface area contributed by atoms with Crippen LogP contribution in [0.1, 0.15) is 34.8 Å². The van der Waals surface area contributed by atoms with E-state index in [4.69, 9.17) is 0 Å². The van der Waals surface area contributed by atoms with Gasteiger partial charge in [-0.05, 0) is 37.0 Å². The quantitative estimate of drug-likeness (QED) is 0.841. The standard InChI is InChI=1S/C19H23N3O3S/c1-3-14-6-4-5-13(2)18(14)21-17-9-15(10-20-11-17)19(23)22-16-7-8-26(24,25)12-16/h4-6,9-11,16,21H,3,7-8,12H2,1-2H3,(H,22,23). The van der Waals surface area contributed by atoms with Crippen LogP contribution in [0.5, 0.6) is 0 Å². The maximum Gasteiger partial charge on any atom is 0.253 e. The Bertz CT molecular complexity index is 925. The molecule has 0 bridgehead atoms. The summed E-state index contributed by atoms with van der Waals surface area (Å²) in [7, 11) is -3.03. The van der Waals surface area contributed by atoms with Gasteiger partial charge >= 0.3 is 0 Å². The molecule has 138 valence electrons. The van der Waals surface area contributed by atoms with Crippen LogP contribution in [-0.4, -0.2) is 36.9 Å². The Morgan fingerprint density at radius 2 is 2.12 bits per heavy atom. The van der Waals surface area contributed by atoms with Gasteiger partial charge in [-0.2, -0.15) is 0 Å². The summed E-state index contributed by atoms with van der Waals surface area (Å²) in [5.74, 6) is -0.165. The van der Waals surface area contributed by atoms with E-state index in [1.165, 1.54) is 11.8 Å². The fraction of sp³-hybridized carbons (Fsp3) is 0.368. The van der Waals surface area contributed by atoms with Crippen molar-refractivity contribution in [2.45, 2.75) is 32.7 Å². The molecule has 1 aromatic carbocycles. The molecule has 1 amide bonds. The molecule has 1 atom stereocenters. The van der Waals surface area contributed by atoms with E-state index in [0.29, 0.717) is 12.0 Å². The van der Waals surface area contributed by atoms with Crippen molar-refractivity contribution < 1.29 is 13.2 Å². The number of hydrogen-bond donors (Lipinski definition) is 2. The molecule has 0 aliphatic carbocycles. The van der Waals surface area contributed by atoms with Gasteiger partial charge in [0.05, 0.1) is 29.0 Å². The molecule has 1 saturated heterocycles. The summed E-state index contributed by atoms with van der Waals surface area (Å²) in [6, 6.07) is 7.54. The van der Waals surface area contributed by atoms with Crippen molar-refractivity contribution in [3.8, 4) is 0 Å². The van der Waals surface area contributed by atoms with Crippen molar-refractivity contribution in [2.24, 2.45) is 0 Å². The lowest BCUT2D eigenvalue weighted by molar-refractivity contribution is 0.0941. The van der Waals surface area contributed by atoms with Gasteiger partial charge in [0.1, 0.15) is 0 Å². The van der Waals surface area contributed by atoms with Gasteiger partial charge in [0.2, 0.25) is 0 Å². The Morgan fingerprint density at radius 1 is 1.31 bits per heavy atom. The molecule has 3 rings (SSSR count). The molecule has 2 aromatic rings. The number of amides is 1. The highest BCUT2D eigenvalue weighted by Crippen LogP contribution is 2.25. The summed E-state index contributed by atoms with van der Waals surface area (Å²) in [4.78, 5) is 16.6. The number of rotatable bonds is 5. The summed E-state index contributed by atoms with van der Waals surface area (Å²) >= 11 is 0. The normalized spacial score (nSPS) is 18.5. The summed E-state index contributed by atoms with van der Waals surface area (Å²) < 4.78 is 23.1. The lowest BCUT2D eigenvalue weighted by Crippen LogP contribution is -2.35. The van der Waals surface area contributed by atoms with Crippen LogP contribution >= 0.6 is 0 Å². The van der Waals surface area contributed by atoms with Crippen LogP contribution in [0.25, 0.3) is 0 Å². The van der Waals surface area contributed by atoms with Gasteiger partial charge in [-0.25, -0.2) is 8.42 Å². The van der Waals surface area contributed by atoms with Gasteiger partial charge in [-0.1, -0.05) is 25.1 Å². The van der Waals surface area contributed by atoms with Crippen molar-refractivity contribution in [1.82, 2.24) is 10.3 Å². The van der Waals surface area contributed by atoms with E-state index in [0.717, 1.165) is 23.4 Å². The number of anilines is 2. The van der Waals surface area contributed by atoms with Gasteiger partial charge in [-0.15, -0.1) is 0 Å². The van der Waals surface area contributed by atoms with Gasteiger partial charge in [0.25, 0.3) is 5.91 Å². The second kappa shape index (κ2) is 7.45. The number of carbonyl (C=O) groups excluding carboxylic acids is 1. The van der Waals surface area contributed by atoms with Crippen LogP contribution in [0.4, 0.5) is 11.4 Å². The monoisotopic (exact) mass is 373 g/mol. The van der Waals surface area contributed by atoms with Crippen LogP contribution in [-0.2, 0) is 16.3 Å². The predicted octanol–water partition coefficient (Wildman–Crippen LogP) is 2.61. The number of sulfone groups is 1. The molecule has 1 aliphatic rings. The lowest BCUT2D eigenvalue weighted by Gasteiger charge is -2.15. The average molecular weight is 373 g/mol. The third-order valence-corrected chi connectivity index (χ3v) is 6.35. The van der Waals surface area contributed by atoms with E-state index in [2.05, 4.69) is 28.6 Å². The van der Waals surface area contributed by atoms with Crippen molar-refractivity contribution in [2.75, 3.05) is 16.8 Å². The van der Waals surface area contributed by atoms with Gasteiger partial charge in [-0.3, -0.25) is 9.78 Å². The molecule has 1 aliphatic heterocycles. The number of aryl methyl sites for hydroxylation is 2. The Morgan fingerprint density at radius 3 is 2.81 bits per heavy atom. The SMILES string of the molecule is CCc1cccc(C)c1Nc1cncc(C(=O)NC2CCS(=O)(=O)C2)c1. The van der Waals surface area contributed by atoms with Crippen LogP contribution < -0.4 is 10.6 Å². The molecule has 0 saturated carbocycles. The molecule has 0 spiro atoms. The first-order valence-electron chi connectivity index (χ1n) is 8.70. The molecule has 0 radical (unpaired) electrons. The Labute approximate surface area is 154 Å². The minimum atomic E-state index is -3.03. The van der Waals surface area contributed by atoms with Crippen LogP contribution in [0.3, 0.4) is 0 Å². The largest absolute Gasteiger partial charge is 0.354 e. The van der Waals surface area contributed by atoms with E-state index in [9.17, 15) is 13.2 Å². The first-order valence-corrected chi connectivity index (χ1v) is 10.5. The van der Waals surface area contributed by atoms with Crippen LogP contribution in [0.15, 0.2) is 36.7 Å². The number of nitrogens with one attached hydrogen (secondary N) is 2. The van der Waals surface area contributed by atoms with Gasteiger partial charge in [0.15, 0.2) is 9.84 Å². The number of carbonyl (C=O) groups is 1. The topological polar surface area (TPSA) is 88.2 Å². The molecule has 1 unspecified atom stereocenters. The highest BCUT2D eigenvalue weighted by Gasteiger charge is 2.29. The molecule has 7 heteroatoms. The Kier molecular flexibility index (Phi) is 5.27. The summed E-state index contributed by atoms with van der Waals surface area (Å²) in [6.07, 6.45) is 4.52. The fourth-order valence-electron chi connectivity index (χ4n) is 3.16. The first kappa shape index (κ1) is 18.4. The summed E-state index contributed by atoms with van der Waals surface area (Å²) in [5.41, 5.74) is 4.47. The highest BCUT2D eigenvalue weighted by atomic mass is 32.2. The number of aromatic nitrogens is 1. The Hall–Kier alpha value is -2.41. The first-order chi connectivity index (χ1) is 12.4. The van der Waals surface area contributed by atoms with Crippen molar-refractivity contribution in [3.63, 3.8) is 0 Å². The molecular formula is C19H23N3O3S. The third kappa shape index (κ3) is 4.22. The zero-order chi connectivity index (χ0) is 18.7. The number of benzene rings is 1. The summed E-state index contributed by atoms with van der Waals surface area (Å²) in [5, 5.41) is 6.15. The van der Waals surface area contributed by atoms with E-state index in [1.54, 1.807) is 12.3 Å². The van der Waals surface area contributed by atoms with E-state index < -0.39 is 9.84 Å². The van der Waals surface area contributed by atoms with Crippen LogP contribution in [0.2, 0.25) is 0 Å². The van der Waals surface area contributed by atoms with Crippen LogP contribution in [0, 0.1) is 6.92 Å². The van der Waals surface area contributed by atoms with E-state index in [-0.39, 0.29) is 23.5 Å².